The molecule has 1 aromatic carbocycles. The summed E-state index contributed by atoms with van der Waals surface area (Å²) in [6, 6.07) is 5.31. The summed E-state index contributed by atoms with van der Waals surface area (Å²) in [6.45, 7) is 6.88. The van der Waals surface area contributed by atoms with Crippen molar-refractivity contribution < 1.29 is 14.6 Å². The Morgan fingerprint density at radius 1 is 1.26 bits per heavy atom. The van der Waals surface area contributed by atoms with Crippen LogP contribution in [0.4, 0.5) is 5.00 Å². The molecule has 0 saturated carbocycles. The van der Waals surface area contributed by atoms with Gasteiger partial charge in [0.05, 0.1) is 12.7 Å². The second kappa shape index (κ2) is 6.44. The van der Waals surface area contributed by atoms with Gasteiger partial charge in [0.25, 0.3) is 5.91 Å². The van der Waals surface area contributed by atoms with Crippen molar-refractivity contribution in [1.82, 2.24) is 5.32 Å². The quantitative estimate of drug-likeness (QED) is 0.712. The zero-order valence-corrected chi connectivity index (χ0v) is 17.0. The molecule has 5 nitrogen and oxygen atoms in total. The molecule has 0 bridgehead atoms. The van der Waals surface area contributed by atoms with Crippen LogP contribution in [-0.4, -0.2) is 18.1 Å². The number of nitrogens with one attached hydrogen (secondary N) is 2. The number of ether oxygens (including phenoxy) is 1. The van der Waals surface area contributed by atoms with Crippen molar-refractivity contribution >= 4 is 22.2 Å². The highest BCUT2D eigenvalue weighted by atomic mass is 32.1. The molecule has 2 aliphatic rings. The summed E-state index contributed by atoms with van der Waals surface area (Å²) in [4.78, 5) is 14.2. The summed E-state index contributed by atoms with van der Waals surface area (Å²) in [7, 11) is 1.52. The van der Waals surface area contributed by atoms with E-state index in [4.69, 9.17) is 4.74 Å². The molecule has 1 amide bonds. The van der Waals surface area contributed by atoms with Crippen LogP contribution in [0.3, 0.4) is 0 Å². The third-order valence-electron chi connectivity index (χ3n) is 5.83. The highest BCUT2D eigenvalue weighted by Crippen LogP contribution is 2.46. The summed E-state index contributed by atoms with van der Waals surface area (Å²) in [6.07, 6.45) is 2.62. The van der Waals surface area contributed by atoms with E-state index >= 15 is 0 Å². The Bertz CT molecular complexity index is 898. The molecule has 0 radical (unpaired) electrons. The van der Waals surface area contributed by atoms with E-state index in [1.54, 1.807) is 23.5 Å². The molecule has 1 aromatic heterocycles. The molecule has 0 fully saturated rings. The minimum Gasteiger partial charge on any atom is -0.504 e. The fraction of sp³-hybridized carbons (Fsp3) is 0.476. The third kappa shape index (κ3) is 3.06. The van der Waals surface area contributed by atoms with E-state index in [0.29, 0.717) is 17.2 Å². The normalized spacial score (nSPS) is 21.7. The summed E-state index contributed by atoms with van der Waals surface area (Å²) in [5.41, 5.74) is 2.87. The highest BCUT2D eigenvalue weighted by molar-refractivity contribution is 7.16. The van der Waals surface area contributed by atoms with Gasteiger partial charge in [0.15, 0.2) is 11.5 Å². The van der Waals surface area contributed by atoms with Gasteiger partial charge in [0.2, 0.25) is 0 Å². The van der Waals surface area contributed by atoms with Crippen molar-refractivity contribution in [2.24, 2.45) is 11.3 Å². The number of hydrogen-bond donors (Lipinski definition) is 3. The molecule has 1 aliphatic carbocycles. The molecular weight excluding hydrogens is 360 g/mol. The number of phenols is 1. The number of hydrogen-bond acceptors (Lipinski definition) is 5. The van der Waals surface area contributed by atoms with Crippen LogP contribution in [0.5, 0.6) is 11.5 Å². The Kier molecular flexibility index (Phi) is 4.34. The number of benzene rings is 1. The maximum Gasteiger partial charge on any atom is 0.256 e. The number of carbonyl (C=O) groups excluding carboxylic acids is 1. The molecule has 4 rings (SSSR count). The van der Waals surface area contributed by atoms with E-state index < -0.39 is 6.17 Å². The SMILES string of the molecule is COc1cccc(C2NC(=O)c3c(sc4c3CCC(C(C)(C)C)C4)N2)c1O. The standard InChI is InChI=1S/C21H26N2O3S/c1-21(2,3)11-8-9-12-15(10-11)27-20-16(12)19(25)22-18(23-20)13-6-5-7-14(26-4)17(13)24/h5-7,11,18,23-24H,8-10H2,1-4H3,(H,22,25). The van der Waals surface area contributed by atoms with Gasteiger partial charge >= 0.3 is 0 Å². The maximum absolute atomic E-state index is 12.9. The van der Waals surface area contributed by atoms with Gasteiger partial charge in [0, 0.05) is 10.4 Å². The molecule has 2 atom stereocenters. The van der Waals surface area contributed by atoms with Gasteiger partial charge < -0.3 is 20.5 Å². The molecule has 2 heterocycles. The van der Waals surface area contributed by atoms with E-state index in [2.05, 4.69) is 31.4 Å². The van der Waals surface area contributed by atoms with E-state index in [1.807, 2.05) is 6.07 Å². The van der Waals surface area contributed by atoms with Crippen LogP contribution in [-0.2, 0) is 12.8 Å². The number of thiophene rings is 1. The average Bonchev–Trinajstić information content (AvgIpc) is 2.99. The maximum atomic E-state index is 12.9. The topological polar surface area (TPSA) is 70.6 Å². The average molecular weight is 387 g/mol. The van der Waals surface area contributed by atoms with Gasteiger partial charge in [-0.15, -0.1) is 11.3 Å². The molecule has 0 spiro atoms. The highest BCUT2D eigenvalue weighted by Gasteiger charge is 2.37. The number of fused-ring (bicyclic) bond motifs is 3. The van der Waals surface area contributed by atoms with Crippen molar-refractivity contribution in [3.63, 3.8) is 0 Å². The summed E-state index contributed by atoms with van der Waals surface area (Å²) < 4.78 is 5.19. The molecule has 144 valence electrons. The number of aromatic hydroxyl groups is 1. The summed E-state index contributed by atoms with van der Waals surface area (Å²) in [5.74, 6) is 1.01. The summed E-state index contributed by atoms with van der Waals surface area (Å²) in [5, 5.41) is 17.8. The number of phenolic OH excluding ortho intramolecular Hbond substituents is 1. The molecule has 2 aromatic rings. The lowest BCUT2D eigenvalue weighted by molar-refractivity contribution is 0.0934. The Morgan fingerprint density at radius 2 is 2.04 bits per heavy atom. The van der Waals surface area contributed by atoms with Crippen LogP contribution >= 0.6 is 11.3 Å². The van der Waals surface area contributed by atoms with Gasteiger partial charge in [0.1, 0.15) is 11.2 Å². The molecule has 3 N–H and O–H groups in total. The van der Waals surface area contributed by atoms with Gasteiger partial charge in [-0.05, 0) is 42.2 Å². The predicted molar refractivity (Wildman–Crippen MR) is 108 cm³/mol. The van der Waals surface area contributed by atoms with Crippen molar-refractivity contribution in [1.29, 1.82) is 0 Å². The van der Waals surface area contributed by atoms with E-state index in [0.717, 1.165) is 29.8 Å². The first kappa shape index (κ1) is 18.2. The molecule has 2 unspecified atom stereocenters. The third-order valence-corrected chi connectivity index (χ3v) is 7.01. The zero-order valence-electron chi connectivity index (χ0n) is 16.2. The van der Waals surface area contributed by atoms with Crippen molar-refractivity contribution in [3.8, 4) is 11.5 Å². The molecule has 1 aliphatic heterocycles. The minimum absolute atomic E-state index is 0.0513. The van der Waals surface area contributed by atoms with E-state index in [1.165, 1.54) is 17.6 Å². The van der Waals surface area contributed by atoms with Crippen molar-refractivity contribution in [2.45, 2.75) is 46.2 Å². The van der Waals surface area contributed by atoms with Crippen molar-refractivity contribution in [2.75, 3.05) is 12.4 Å². The van der Waals surface area contributed by atoms with Crippen LogP contribution in [0, 0.1) is 11.3 Å². The van der Waals surface area contributed by atoms with Crippen LogP contribution in [0.1, 0.15) is 59.7 Å². The Hall–Kier alpha value is -2.21. The second-order valence-electron chi connectivity index (χ2n) is 8.46. The van der Waals surface area contributed by atoms with Gasteiger partial charge in [-0.1, -0.05) is 32.9 Å². The lowest BCUT2D eigenvalue weighted by Gasteiger charge is -2.34. The first-order valence-electron chi connectivity index (χ1n) is 9.37. The predicted octanol–water partition coefficient (Wildman–Crippen LogP) is 4.47. The van der Waals surface area contributed by atoms with Gasteiger partial charge in [-0.25, -0.2) is 0 Å². The number of para-hydroxylation sites is 1. The van der Waals surface area contributed by atoms with Crippen LogP contribution in [0.2, 0.25) is 0 Å². The monoisotopic (exact) mass is 386 g/mol. The van der Waals surface area contributed by atoms with Gasteiger partial charge in [-0.2, -0.15) is 0 Å². The smallest absolute Gasteiger partial charge is 0.256 e. The summed E-state index contributed by atoms with van der Waals surface area (Å²) >= 11 is 1.69. The first-order valence-corrected chi connectivity index (χ1v) is 10.2. The Labute approximate surface area is 163 Å². The number of carbonyl (C=O) groups is 1. The number of amides is 1. The second-order valence-corrected chi connectivity index (χ2v) is 9.57. The lowest BCUT2D eigenvalue weighted by Crippen LogP contribution is -2.38. The van der Waals surface area contributed by atoms with Gasteiger partial charge in [-0.3, -0.25) is 4.79 Å². The van der Waals surface area contributed by atoms with Crippen molar-refractivity contribution in [3.05, 3.63) is 39.8 Å². The number of rotatable bonds is 2. The zero-order chi connectivity index (χ0) is 19.3. The number of anilines is 1. The molecule has 27 heavy (non-hydrogen) atoms. The Morgan fingerprint density at radius 3 is 2.74 bits per heavy atom. The van der Waals surface area contributed by atoms with E-state index in [9.17, 15) is 9.90 Å². The minimum atomic E-state index is -0.474. The largest absolute Gasteiger partial charge is 0.504 e. The fourth-order valence-electron chi connectivity index (χ4n) is 4.13. The van der Waals surface area contributed by atoms with Crippen LogP contribution in [0.25, 0.3) is 0 Å². The molecule has 0 saturated heterocycles. The first-order chi connectivity index (χ1) is 12.8. The van der Waals surface area contributed by atoms with Crippen LogP contribution in [0.15, 0.2) is 18.2 Å². The van der Waals surface area contributed by atoms with E-state index in [-0.39, 0.29) is 17.1 Å². The number of methoxy groups -OCH3 is 1. The fourth-order valence-corrected chi connectivity index (χ4v) is 5.48. The Balaban J connectivity index is 1.67. The molecular formula is C21H26N2O3S. The lowest BCUT2D eigenvalue weighted by atomic mass is 9.72. The molecule has 6 heteroatoms. The van der Waals surface area contributed by atoms with Crippen LogP contribution < -0.4 is 15.4 Å².